The SMILES string of the molecule is COc1cccc2c(O)c(CC(N)C(=O)O)ccc12. The molecule has 19 heavy (non-hydrogen) atoms. The van der Waals surface area contributed by atoms with Crippen LogP contribution >= 0.6 is 0 Å². The van der Waals surface area contributed by atoms with Gasteiger partial charge < -0.3 is 20.7 Å². The van der Waals surface area contributed by atoms with Crippen molar-refractivity contribution >= 4 is 16.7 Å². The first-order chi connectivity index (χ1) is 9.04. The number of hydrogen-bond donors (Lipinski definition) is 3. The summed E-state index contributed by atoms with van der Waals surface area (Å²) in [6.45, 7) is 0. The molecule has 0 fully saturated rings. The van der Waals surface area contributed by atoms with E-state index in [9.17, 15) is 9.90 Å². The van der Waals surface area contributed by atoms with Crippen LogP contribution in [0, 0.1) is 0 Å². The maximum Gasteiger partial charge on any atom is 0.320 e. The van der Waals surface area contributed by atoms with Gasteiger partial charge in [-0.25, -0.2) is 0 Å². The Hall–Kier alpha value is -2.27. The van der Waals surface area contributed by atoms with Gasteiger partial charge in [-0.05, 0) is 11.6 Å². The Balaban J connectivity index is 2.49. The van der Waals surface area contributed by atoms with Gasteiger partial charge in [-0.1, -0.05) is 24.3 Å². The average Bonchev–Trinajstić information content (AvgIpc) is 2.41. The summed E-state index contributed by atoms with van der Waals surface area (Å²) in [7, 11) is 1.56. The number of phenolic OH excluding ortho intramolecular Hbond substituents is 1. The van der Waals surface area contributed by atoms with E-state index in [4.69, 9.17) is 15.6 Å². The van der Waals surface area contributed by atoms with Crippen molar-refractivity contribution in [3.63, 3.8) is 0 Å². The molecule has 1 unspecified atom stereocenters. The van der Waals surface area contributed by atoms with Crippen molar-refractivity contribution in [2.45, 2.75) is 12.5 Å². The van der Waals surface area contributed by atoms with Crippen LogP contribution in [0.15, 0.2) is 30.3 Å². The summed E-state index contributed by atoms with van der Waals surface area (Å²) in [6, 6.07) is 7.74. The van der Waals surface area contributed by atoms with Crippen molar-refractivity contribution in [2.24, 2.45) is 5.73 Å². The van der Waals surface area contributed by atoms with Crippen molar-refractivity contribution in [2.75, 3.05) is 7.11 Å². The van der Waals surface area contributed by atoms with Gasteiger partial charge in [-0.2, -0.15) is 0 Å². The van der Waals surface area contributed by atoms with Gasteiger partial charge in [-0.3, -0.25) is 4.79 Å². The largest absolute Gasteiger partial charge is 0.507 e. The molecule has 5 nitrogen and oxygen atoms in total. The number of rotatable bonds is 4. The molecule has 0 aliphatic heterocycles. The third kappa shape index (κ3) is 2.46. The first-order valence-electron chi connectivity index (χ1n) is 5.80. The summed E-state index contributed by atoms with van der Waals surface area (Å²) in [5.74, 6) is -0.389. The highest BCUT2D eigenvalue weighted by atomic mass is 16.5. The first kappa shape index (κ1) is 13.2. The maximum atomic E-state index is 10.8. The summed E-state index contributed by atoms with van der Waals surface area (Å²) < 4.78 is 5.21. The Labute approximate surface area is 110 Å². The molecular formula is C14H15NO4. The molecule has 0 aliphatic carbocycles. The summed E-state index contributed by atoms with van der Waals surface area (Å²) in [5, 5.41) is 20.4. The normalized spacial score (nSPS) is 12.3. The molecule has 0 saturated heterocycles. The quantitative estimate of drug-likeness (QED) is 0.775. The summed E-state index contributed by atoms with van der Waals surface area (Å²) in [4.78, 5) is 10.8. The van der Waals surface area contributed by atoms with Crippen molar-refractivity contribution in [3.8, 4) is 11.5 Å². The van der Waals surface area contributed by atoms with Gasteiger partial charge in [-0.15, -0.1) is 0 Å². The van der Waals surface area contributed by atoms with E-state index >= 15 is 0 Å². The number of carboxylic acid groups (broad SMARTS) is 1. The second-order valence-corrected chi connectivity index (χ2v) is 4.28. The zero-order valence-corrected chi connectivity index (χ0v) is 10.5. The van der Waals surface area contributed by atoms with E-state index in [0.717, 1.165) is 5.39 Å². The third-order valence-electron chi connectivity index (χ3n) is 3.05. The monoisotopic (exact) mass is 261 g/mol. The van der Waals surface area contributed by atoms with Crippen molar-refractivity contribution in [1.29, 1.82) is 0 Å². The number of aliphatic carboxylic acids is 1. The van der Waals surface area contributed by atoms with E-state index in [1.54, 1.807) is 37.4 Å². The van der Waals surface area contributed by atoms with Crippen molar-refractivity contribution in [1.82, 2.24) is 0 Å². The number of benzene rings is 2. The molecule has 100 valence electrons. The molecule has 0 aromatic heterocycles. The second kappa shape index (κ2) is 5.16. The van der Waals surface area contributed by atoms with E-state index in [0.29, 0.717) is 16.7 Å². The lowest BCUT2D eigenvalue weighted by molar-refractivity contribution is -0.138. The smallest absolute Gasteiger partial charge is 0.320 e. The highest BCUT2D eigenvalue weighted by molar-refractivity contribution is 5.94. The molecule has 0 aliphatic rings. The number of aromatic hydroxyl groups is 1. The fourth-order valence-corrected chi connectivity index (χ4v) is 2.03. The molecule has 2 aromatic rings. The van der Waals surface area contributed by atoms with Gasteiger partial charge in [0.15, 0.2) is 0 Å². The van der Waals surface area contributed by atoms with Crippen molar-refractivity contribution < 1.29 is 19.7 Å². The number of carboxylic acids is 1. The van der Waals surface area contributed by atoms with E-state index in [2.05, 4.69) is 0 Å². The van der Waals surface area contributed by atoms with Crippen LogP contribution in [0.5, 0.6) is 11.5 Å². The van der Waals surface area contributed by atoms with Crippen molar-refractivity contribution in [3.05, 3.63) is 35.9 Å². The molecule has 0 amide bonds. The molecule has 4 N–H and O–H groups in total. The van der Waals surface area contributed by atoms with Gasteiger partial charge in [0.1, 0.15) is 17.5 Å². The Morgan fingerprint density at radius 3 is 2.68 bits per heavy atom. The number of fused-ring (bicyclic) bond motifs is 1. The molecule has 2 rings (SSSR count). The number of nitrogens with two attached hydrogens (primary N) is 1. The third-order valence-corrected chi connectivity index (χ3v) is 3.05. The van der Waals surface area contributed by atoms with Gasteiger partial charge in [0, 0.05) is 17.2 Å². The lowest BCUT2D eigenvalue weighted by Gasteiger charge is -2.12. The van der Waals surface area contributed by atoms with E-state index in [1.807, 2.05) is 0 Å². The van der Waals surface area contributed by atoms with Gasteiger partial charge in [0.05, 0.1) is 7.11 Å². The summed E-state index contributed by atoms with van der Waals surface area (Å²) in [6.07, 6.45) is 0.0777. The molecule has 1 atom stereocenters. The van der Waals surface area contributed by atoms with Crippen LogP contribution < -0.4 is 10.5 Å². The minimum Gasteiger partial charge on any atom is -0.507 e. The van der Waals surface area contributed by atoms with Gasteiger partial charge >= 0.3 is 5.97 Å². The number of ether oxygens (including phenoxy) is 1. The second-order valence-electron chi connectivity index (χ2n) is 4.28. The van der Waals surface area contributed by atoms with Gasteiger partial charge in [0.2, 0.25) is 0 Å². The number of methoxy groups -OCH3 is 1. The zero-order chi connectivity index (χ0) is 14.0. The molecule has 0 heterocycles. The number of hydrogen-bond acceptors (Lipinski definition) is 4. The summed E-state index contributed by atoms with van der Waals surface area (Å²) >= 11 is 0. The van der Waals surface area contributed by atoms with Crippen LogP contribution in [0.3, 0.4) is 0 Å². The topological polar surface area (TPSA) is 92.8 Å². The standard InChI is InChI=1S/C14H15NO4/c1-19-12-4-2-3-10-9(12)6-5-8(13(10)16)7-11(15)14(17)18/h2-6,11,16H,7,15H2,1H3,(H,17,18). The lowest BCUT2D eigenvalue weighted by Crippen LogP contribution is -2.32. The highest BCUT2D eigenvalue weighted by Gasteiger charge is 2.16. The molecule has 5 heteroatoms. The fourth-order valence-electron chi connectivity index (χ4n) is 2.03. The predicted molar refractivity (Wildman–Crippen MR) is 71.5 cm³/mol. The number of phenols is 1. The maximum absolute atomic E-state index is 10.8. The Morgan fingerprint density at radius 1 is 1.32 bits per heavy atom. The molecule has 0 spiro atoms. The minimum absolute atomic E-state index is 0.0492. The first-order valence-corrected chi connectivity index (χ1v) is 5.80. The molecule has 0 bridgehead atoms. The van der Waals surface area contributed by atoms with Crippen LogP contribution in [0.1, 0.15) is 5.56 Å². The van der Waals surface area contributed by atoms with E-state index in [1.165, 1.54) is 0 Å². The zero-order valence-electron chi connectivity index (χ0n) is 10.5. The number of carbonyl (C=O) groups is 1. The van der Waals surface area contributed by atoms with Crippen LogP contribution in [0.2, 0.25) is 0 Å². The molecule has 0 radical (unpaired) electrons. The Morgan fingerprint density at radius 2 is 2.05 bits per heavy atom. The fraction of sp³-hybridized carbons (Fsp3) is 0.214. The highest BCUT2D eigenvalue weighted by Crippen LogP contribution is 2.34. The Kier molecular flexibility index (Phi) is 3.57. The minimum atomic E-state index is -1.09. The van der Waals surface area contributed by atoms with Gasteiger partial charge in [0.25, 0.3) is 0 Å². The Bertz CT molecular complexity index is 624. The van der Waals surface area contributed by atoms with Crippen LogP contribution in [0.25, 0.3) is 10.8 Å². The van der Waals surface area contributed by atoms with Crippen LogP contribution in [-0.4, -0.2) is 29.3 Å². The molecule has 0 saturated carbocycles. The van der Waals surface area contributed by atoms with E-state index < -0.39 is 12.0 Å². The summed E-state index contributed by atoms with van der Waals surface area (Å²) in [5.41, 5.74) is 5.99. The average molecular weight is 261 g/mol. The van der Waals surface area contributed by atoms with Crippen LogP contribution in [-0.2, 0) is 11.2 Å². The predicted octanol–water partition coefficient (Wildman–Crippen LogP) is 1.51. The lowest BCUT2D eigenvalue weighted by atomic mass is 10.00. The molecule has 2 aromatic carbocycles. The molecular weight excluding hydrogens is 246 g/mol. The van der Waals surface area contributed by atoms with Crippen LogP contribution in [0.4, 0.5) is 0 Å². The van der Waals surface area contributed by atoms with E-state index in [-0.39, 0.29) is 12.2 Å².